The lowest BCUT2D eigenvalue weighted by atomic mass is 9.86. The van der Waals surface area contributed by atoms with Gasteiger partial charge in [0.25, 0.3) is 5.91 Å². The van der Waals surface area contributed by atoms with E-state index in [1.807, 2.05) is 66.7 Å². The highest BCUT2D eigenvalue weighted by molar-refractivity contribution is 6.03. The summed E-state index contributed by atoms with van der Waals surface area (Å²) in [7, 11) is 1.56. The Labute approximate surface area is 174 Å². The number of hydrogen-bond acceptors (Lipinski definition) is 4. The van der Waals surface area contributed by atoms with Gasteiger partial charge in [0.2, 0.25) is 5.91 Å². The molecule has 0 spiro atoms. The first kappa shape index (κ1) is 18.2. The Bertz CT molecular complexity index is 1100. The molecule has 6 nitrogen and oxygen atoms in total. The number of carbonyl (C=O) groups is 2. The van der Waals surface area contributed by atoms with Crippen LogP contribution in [0.4, 0.5) is 5.69 Å². The number of carbonyl (C=O) groups excluding carboxylic acids is 2. The summed E-state index contributed by atoms with van der Waals surface area (Å²) in [6, 6.07) is 22.4. The first-order valence-corrected chi connectivity index (χ1v) is 9.81. The molecule has 2 aliphatic rings. The highest BCUT2D eigenvalue weighted by Gasteiger charge is 2.40. The topological polar surface area (TPSA) is 67.9 Å². The molecule has 3 aromatic carbocycles. The minimum Gasteiger partial charge on any atom is -0.477 e. The second-order valence-corrected chi connectivity index (χ2v) is 7.25. The largest absolute Gasteiger partial charge is 0.477 e. The van der Waals surface area contributed by atoms with Crippen molar-refractivity contribution < 1.29 is 19.1 Å². The highest BCUT2D eigenvalue weighted by atomic mass is 16.5. The first-order chi connectivity index (χ1) is 14.7. The van der Waals surface area contributed by atoms with Crippen LogP contribution in [0.25, 0.3) is 0 Å². The third-order valence-corrected chi connectivity index (χ3v) is 5.51. The quantitative estimate of drug-likeness (QED) is 0.715. The predicted octanol–water partition coefficient (Wildman–Crippen LogP) is 3.46. The number of likely N-dealkylation sites (N-methyl/N-ethyl adjacent to an activating group) is 1. The van der Waals surface area contributed by atoms with Crippen molar-refractivity contribution >= 4 is 17.5 Å². The fraction of sp³-hybridized carbons (Fsp3) is 0.167. The average molecular weight is 400 g/mol. The zero-order valence-electron chi connectivity index (χ0n) is 16.4. The number of rotatable bonds is 2. The van der Waals surface area contributed by atoms with Crippen molar-refractivity contribution in [1.82, 2.24) is 5.32 Å². The van der Waals surface area contributed by atoms with E-state index in [-0.39, 0.29) is 18.4 Å². The molecule has 1 N–H and O–H groups in total. The molecule has 150 valence electrons. The van der Waals surface area contributed by atoms with Crippen LogP contribution >= 0.6 is 0 Å². The smallest absolute Gasteiger partial charge is 0.262 e. The molecule has 2 amide bonds. The number of benzene rings is 3. The van der Waals surface area contributed by atoms with Gasteiger partial charge in [-0.25, -0.2) is 0 Å². The van der Waals surface area contributed by atoms with Gasteiger partial charge < -0.3 is 19.7 Å². The normalized spacial score (nSPS) is 17.0. The van der Waals surface area contributed by atoms with Crippen molar-refractivity contribution in [2.24, 2.45) is 0 Å². The maximum Gasteiger partial charge on any atom is 0.262 e. The molecular formula is C24H20N2O4. The Hall–Kier alpha value is -3.80. The van der Waals surface area contributed by atoms with Crippen LogP contribution in [0, 0.1) is 0 Å². The first-order valence-electron chi connectivity index (χ1n) is 9.81. The molecule has 3 aromatic rings. The van der Waals surface area contributed by atoms with Gasteiger partial charge in [0.15, 0.2) is 6.10 Å². The number of anilines is 1. The van der Waals surface area contributed by atoms with Crippen LogP contribution in [-0.2, 0) is 9.59 Å². The number of hydrogen-bond donors (Lipinski definition) is 1. The minimum atomic E-state index is -0.779. The van der Waals surface area contributed by atoms with Gasteiger partial charge in [0.05, 0.1) is 18.2 Å². The van der Waals surface area contributed by atoms with Crippen LogP contribution in [0.1, 0.15) is 17.0 Å². The Kier molecular flexibility index (Phi) is 4.39. The molecule has 30 heavy (non-hydrogen) atoms. The third kappa shape index (κ3) is 2.88. The second-order valence-electron chi connectivity index (χ2n) is 7.25. The average Bonchev–Trinajstić information content (AvgIpc) is 2.80. The number of nitrogens with one attached hydrogen (secondary N) is 1. The van der Waals surface area contributed by atoms with Gasteiger partial charge in [-0.1, -0.05) is 48.5 Å². The molecule has 0 saturated heterocycles. The van der Waals surface area contributed by atoms with Crippen molar-refractivity contribution in [3.63, 3.8) is 0 Å². The fourth-order valence-electron chi connectivity index (χ4n) is 4.07. The summed E-state index contributed by atoms with van der Waals surface area (Å²) in [5.74, 6) is 0.915. The SMILES string of the molecule is CNC(=O)[C@H]1CN(C(=O)C2c3ccccc3Oc3ccccc32)c2ccccc2O1. The maximum absolute atomic E-state index is 14.0. The lowest BCUT2D eigenvalue weighted by Crippen LogP contribution is -2.51. The summed E-state index contributed by atoms with van der Waals surface area (Å²) >= 11 is 0. The van der Waals surface area contributed by atoms with Gasteiger partial charge in [-0.3, -0.25) is 9.59 Å². The van der Waals surface area contributed by atoms with Gasteiger partial charge in [-0.15, -0.1) is 0 Å². The summed E-state index contributed by atoms with van der Waals surface area (Å²) in [6.07, 6.45) is -0.779. The van der Waals surface area contributed by atoms with E-state index in [9.17, 15) is 9.59 Å². The van der Waals surface area contributed by atoms with E-state index in [1.165, 1.54) is 0 Å². The summed E-state index contributed by atoms with van der Waals surface area (Å²) in [5.41, 5.74) is 2.27. The zero-order chi connectivity index (χ0) is 20.7. The summed E-state index contributed by atoms with van der Waals surface area (Å²) in [5, 5.41) is 2.61. The lowest BCUT2D eigenvalue weighted by Gasteiger charge is -2.37. The molecule has 0 radical (unpaired) electrons. The van der Waals surface area contributed by atoms with Crippen LogP contribution in [-0.4, -0.2) is 31.5 Å². The minimum absolute atomic E-state index is 0.122. The van der Waals surface area contributed by atoms with Crippen LogP contribution in [0.15, 0.2) is 72.8 Å². The van der Waals surface area contributed by atoms with Crippen molar-refractivity contribution in [2.75, 3.05) is 18.5 Å². The molecular weight excluding hydrogens is 380 g/mol. The van der Waals surface area contributed by atoms with E-state index in [0.717, 1.165) is 11.1 Å². The number of nitrogens with zero attached hydrogens (tertiary/aromatic N) is 1. The zero-order valence-corrected chi connectivity index (χ0v) is 16.4. The standard InChI is InChI=1S/C24H20N2O4/c1-25-23(27)21-14-26(17-10-4-7-13-20(17)30-21)24(28)22-15-8-2-5-11-18(15)29-19-12-6-3-9-16(19)22/h2-13,21-22H,14H2,1H3,(H,25,27)/t21-/m1/s1. The van der Waals surface area contributed by atoms with Crippen molar-refractivity contribution in [1.29, 1.82) is 0 Å². The Balaban J connectivity index is 1.62. The summed E-state index contributed by atoms with van der Waals surface area (Å²) < 4.78 is 11.9. The third-order valence-electron chi connectivity index (χ3n) is 5.51. The molecule has 6 heteroatoms. The van der Waals surface area contributed by atoms with Crippen molar-refractivity contribution in [2.45, 2.75) is 12.0 Å². The van der Waals surface area contributed by atoms with Crippen molar-refractivity contribution in [3.8, 4) is 17.2 Å². The summed E-state index contributed by atoms with van der Waals surface area (Å²) in [6.45, 7) is 0.136. The Morgan fingerprint density at radius 3 is 2.07 bits per heavy atom. The van der Waals surface area contributed by atoms with Crippen LogP contribution in [0.3, 0.4) is 0 Å². The van der Waals surface area contributed by atoms with Gasteiger partial charge >= 0.3 is 0 Å². The molecule has 0 saturated carbocycles. The molecule has 1 atom stereocenters. The van der Waals surface area contributed by atoms with E-state index in [0.29, 0.717) is 22.9 Å². The van der Waals surface area contributed by atoms with Gasteiger partial charge in [-0.2, -0.15) is 0 Å². The molecule has 0 bridgehead atoms. The van der Waals surface area contributed by atoms with Gasteiger partial charge in [0, 0.05) is 18.2 Å². The number of fused-ring (bicyclic) bond motifs is 3. The fourth-order valence-corrected chi connectivity index (χ4v) is 4.07. The Morgan fingerprint density at radius 2 is 1.43 bits per heavy atom. The van der Waals surface area contributed by atoms with Gasteiger partial charge in [0.1, 0.15) is 17.2 Å². The maximum atomic E-state index is 14.0. The van der Waals surface area contributed by atoms with Gasteiger partial charge in [-0.05, 0) is 24.3 Å². The van der Waals surface area contributed by atoms with E-state index in [4.69, 9.17) is 9.47 Å². The van der Waals surface area contributed by atoms with Crippen molar-refractivity contribution in [3.05, 3.63) is 83.9 Å². The molecule has 2 aliphatic heterocycles. The van der Waals surface area contributed by atoms with Crippen LogP contribution in [0.2, 0.25) is 0 Å². The highest BCUT2D eigenvalue weighted by Crippen LogP contribution is 2.46. The van der Waals surface area contributed by atoms with E-state index < -0.39 is 12.0 Å². The van der Waals surface area contributed by atoms with E-state index in [2.05, 4.69) is 5.32 Å². The number of ether oxygens (including phenoxy) is 2. The van der Waals surface area contributed by atoms with Crippen LogP contribution in [0.5, 0.6) is 17.2 Å². The Morgan fingerprint density at radius 1 is 0.867 bits per heavy atom. The molecule has 0 unspecified atom stereocenters. The van der Waals surface area contributed by atoms with E-state index in [1.54, 1.807) is 18.0 Å². The molecule has 0 fully saturated rings. The molecule has 0 aliphatic carbocycles. The number of para-hydroxylation sites is 4. The molecule has 5 rings (SSSR count). The molecule has 2 heterocycles. The lowest BCUT2D eigenvalue weighted by molar-refractivity contribution is -0.128. The summed E-state index contributed by atoms with van der Waals surface area (Å²) in [4.78, 5) is 28.0. The van der Waals surface area contributed by atoms with Crippen LogP contribution < -0.4 is 19.7 Å². The second kappa shape index (κ2) is 7.22. The number of amides is 2. The predicted molar refractivity (Wildman–Crippen MR) is 112 cm³/mol. The van der Waals surface area contributed by atoms with E-state index >= 15 is 0 Å². The molecule has 0 aromatic heterocycles. The monoisotopic (exact) mass is 400 g/mol.